The third-order valence-corrected chi connectivity index (χ3v) is 5.17. The van der Waals surface area contributed by atoms with Crippen LogP contribution in [0, 0.1) is 6.92 Å². The van der Waals surface area contributed by atoms with E-state index in [1.54, 1.807) is 18.4 Å². The molecule has 1 atom stereocenters. The van der Waals surface area contributed by atoms with E-state index in [0.29, 0.717) is 10.8 Å². The molecule has 0 aliphatic carbocycles. The molecule has 1 unspecified atom stereocenters. The van der Waals surface area contributed by atoms with Gasteiger partial charge >= 0.3 is 0 Å². The number of hydrogen-bond acceptors (Lipinski definition) is 2. The highest BCUT2D eigenvalue weighted by Crippen LogP contribution is 2.37. The number of halogens is 2. The van der Waals surface area contributed by atoms with Gasteiger partial charge in [-0.2, -0.15) is 0 Å². The van der Waals surface area contributed by atoms with Crippen LogP contribution in [0.5, 0.6) is 5.75 Å². The molecule has 0 saturated heterocycles. The Bertz CT molecular complexity index is 524. The van der Waals surface area contributed by atoms with Crippen LogP contribution in [-0.2, 0) is 0 Å². The molecule has 2 rings (SSSR count). The molecule has 4 heteroatoms. The molecular formula is C13H12BrClOS. The van der Waals surface area contributed by atoms with Crippen molar-refractivity contribution >= 4 is 38.9 Å². The molecule has 90 valence electrons. The van der Waals surface area contributed by atoms with Crippen molar-refractivity contribution in [1.82, 2.24) is 0 Å². The maximum absolute atomic E-state index is 6.12. The van der Waals surface area contributed by atoms with E-state index in [0.717, 1.165) is 5.56 Å². The molecule has 0 spiro atoms. The summed E-state index contributed by atoms with van der Waals surface area (Å²) in [6.07, 6.45) is 0. The summed E-state index contributed by atoms with van der Waals surface area (Å²) < 4.78 is 5.14. The summed E-state index contributed by atoms with van der Waals surface area (Å²) in [4.78, 5) is 2.78. The van der Waals surface area contributed by atoms with Crippen LogP contribution >= 0.6 is 38.9 Å². The largest absolute Gasteiger partial charge is 0.495 e. The van der Waals surface area contributed by atoms with Gasteiger partial charge in [-0.15, -0.1) is 11.3 Å². The fourth-order valence-corrected chi connectivity index (χ4v) is 3.46. The van der Waals surface area contributed by atoms with Crippen molar-refractivity contribution in [2.24, 2.45) is 0 Å². The molecule has 2 aromatic rings. The van der Waals surface area contributed by atoms with E-state index in [-0.39, 0.29) is 4.83 Å². The maximum Gasteiger partial charge on any atom is 0.137 e. The quantitative estimate of drug-likeness (QED) is 0.702. The Labute approximate surface area is 119 Å². The van der Waals surface area contributed by atoms with Gasteiger partial charge in [0.15, 0.2) is 0 Å². The monoisotopic (exact) mass is 330 g/mol. The third kappa shape index (κ3) is 2.84. The van der Waals surface area contributed by atoms with Crippen LogP contribution in [0.15, 0.2) is 30.3 Å². The number of thiophene rings is 1. The molecule has 17 heavy (non-hydrogen) atoms. The van der Waals surface area contributed by atoms with Gasteiger partial charge in [-0.05, 0) is 36.8 Å². The molecule has 0 aliphatic heterocycles. The predicted molar refractivity (Wildman–Crippen MR) is 77.8 cm³/mol. The fraction of sp³-hybridized carbons (Fsp3) is 0.231. The Balaban J connectivity index is 2.31. The molecule has 0 aliphatic rings. The van der Waals surface area contributed by atoms with Crippen LogP contribution in [0.4, 0.5) is 0 Å². The second-order valence-corrected chi connectivity index (χ2v) is 6.35. The van der Waals surface area contributed by atoms with Crippen molar-refractivity contribution in [2.45, 2.75) is 11.8 Å². The average molecular weight is 332 g/mol. The number of rotatable bonds is 3. The number of methoxy groups -OCH3 is 1. The van der Waals surface area contributed by atoms with Crippen molar-refractivity contribution in [3.05, 3.63) is 50.7 Å². The lowest BCUT2D eigenvalue weighted by Crippen LogP contribution is -1.91. The molecular weight excluding hydrogens is 320 g/mol. The van der Waals surface area contributed by atoms with Gasteiger partial charge in [0.05, 0.1) is 17.0 Å². The number of hydrogen-bond donors (Lipinski definition) is 0. The van der Waals surface area contributed by atoms with Gasteiger partial charge < -0.3 is 4.74 Å². The van der Waals surface area contributed by atoms with Gasteiger partial charge in [-0.1, -0.05) is 33.6 Å². The number of benzene rings is 1. The number of aryl methyl sites for hydroxylation is 1. The molecule has 0 bridgehead atoms. The van der Waals surface area contributed by atoms with Crippen LogP contribution in [0.2, 0.25) is 5.02 Å². The van der Waals surface area contributed by atoms with Crippen molar-refractivity contribution < 1.29 is 4.74 Å². The van der Waals surface area contributed by atoms with Crippen molar-refractivity contribution in [3.8, 4) is 5.75 Å². The molecule has 1 aromatic heterocycles. The van der Waals surface area contributed by atoms with Gasteiger partial charge in [0.2, 0.25) is 0 Å². The van der Waals surface area contributed by atoms with Crippen molar-refractivity contribution in [1.29, 1.82) is 0 Å². The zero-order valence-corrected chi connectivity index (χ0v) is 12.7. The van der Waals surface area contributed by atoms with Crippen molar-refractivity contribution in [2.75, 3.05) is 7.11 Å². The Hall–Kier alpha value is -0.510. The lowest BCUT2D eigenvalue weighted by atomic mass is 10.1. The summed E-state index contributed by atoms with van der Waals surface area (Å²) >= 11 is 11.6. The van der Waals surface area contributed by atoms with E-state index in [9.17, 15) is 0 Å². The van der Waals surface area contributed by atoms with E-state index in [2.05, 4.69) is 35.0 Å². The van der Waals surface area contributed by atoms with Crippen LogP contribution < -0.4 is 4.74 Å². The fourth-order valence-electron chi connectivity index (χ4n) is 1.59. The maximum atomic E-state index is 6.12. The highest BCUT2D eigenvalue weighted by atomic mass is 79.9. The summed E-state index contributed by atoms with van der Waals surface area (Å²) in [5, 5.41) is 0.641. The lowest BCUT2D eigenvalue weighted by molar-refractivity contribution is 0.415. The normalized spacial score (nSPS) is 12.5. The minimum Gasteiger partial charge on any atom is -0.495 e. The topological polar surface area (TPSA) is 9.23 Å². The second kappa shape index (κ2) is 5.42. The van der Waals surface area contributed by atoms with Gasteiger partial charge in [0.25, 0.3) is 0 Å². The van der Waals surface area contributed by atoms with Gasteiger partial charge in [-0.3, -0.25) is 0 Å². The molecule has 0 N–H and O–H groups in total. The molecule has 0 saturated carbocycles. The highest BCUT2D eigenvalue weighted by Gasteiger charge is 2.13. The molecule has 0 amide bonds. The van der Waals surface area contributed by atoms with Gasteiger partial charge in [0, 0.05) is 9.75 Å². The molecule has 1 aromatic carbocycles. The standard InChI is InChI=1S/C13H12BrClOS/c1-8-3-6-12(17-8)13(14)9-4-5-11(16-2)10(15)7-9/h3-7,13H,1-2H3. The highest BCUT2D eigenvalue weighted by molar-refractivity contribution is 9.09. The summed E-state index contributed by atoms with van der Waals surface area (Å²) in [5.74, 6) is 0.706. The Morgan fingerprint density at radius 1 is 1.29 bits per heavy atom. The predicted octanol–water partition coefficient (Wildman–Crippen LogP) is 5.20. The van der Waals surface area contributed by atoms with E-state index < -0.39 is 0 Å². The minimum atomic E-state index is 0.185. The zero-order chi connectivity index (χ0) is 12.4. The Morgan fingerprint density at radius 3 is 2.59 bits per heavy atom. The smallest absolute Gasteiger partial charge is 0.137 e. The summed E-state index contributed by atoms with van der Waals surface area (Å²) in [6, 6.07) is 10.1. The lowest BCUT2D eigenvalue weighted by Gasteiger charge is -2.10. The van der Waals surface area contributed by atoms with Gasteiger partial charge in [0.1, 0.15) is 5.75 Å². The first-order chi connectivity index (χ1) is 8.11. The van der Waals surface area contributed by atoms with Crippen LogP contribution in [0.1, 0.15) is 20.1 Å². The molecule has 1 nitrogen and oxygen atoms in total. The first kappa shape index (κ1) is 12.9. The van der Waals surface area contributed by atoms with E-state index >= 15 is 0 Å². The Kier molecular flexibility index (Phi) is 4.13. The minimum absolute atomic E-state index is 0.185. The van der Waals surface area contributed by atoms with E-state index in [1.807, 2.05) is 18.2 Å². The summed E-state index contributed by atoms with van der Waals surface area (Å²) in [7, 11) is 1.62. The molecule has 0 fully saturated rings. The average Bonchev–Trinajstić information content (AvgIpc) is 2.75. The summed E-state index contributed by atoms with van der Waals surface area (Å²) in [5.41, 5.74) is 1.14. The SMILES string of the molecule is COc1ccc(C(Br)c2ccc(C)s2)cc1Cl. The number of alkyl halides is 1. The number of ether oxygens (including phenoxy) is 1. The van der Waals surface area contributed by atoms with Crippen LogP contribution in [0.25, 0.3) is 0 Å². The molecule has 1 heterocycles. The Morgan fingerprint density at radius 2 is 2.06 bits per heavy atom. The molecule has 0 radical (unpaired) electrons. The zero-order valence-electron chi connectivity index (χ0n) is 9.54. The first-order valence-electron chi connectivity index (χ1n) is 5.15. The van der Waals surface area contributed by atoms with E-state index in [4.69, 9.17) is 16.3 Å². The van der Waals surface area contributed by atoms with Crippen LogP contribution in [-0.4, -0.2) is 7.11 Å². The summed E-state index contributed by atoms with van der Waals surface area (Å²) in [6.45, 7) is 2.11. The second-order valence-electron chi connectivity index (χ2n) is 3.70. The third-order valence-electron chi connectivity index (χ3n) is 2.48. The van der Waals surface area contributed by atoms with Crippen LogP contribution in [0.3, 0.4) is 0 Å². The van der Waals surface area contributed by atoms with E-state index in [1.165, 1.54) is 9.75 Å². The first-order valence-corrected chi connectivity index (χ1v) is 7.26. The van der Waals surface area contributed by atoms with Crippen molar-refractivity contribution in [3.63, 3.8) is 0 Å². The van der Waals surface area contributed by atoms with Gasteiger partial charge in [-0.25, -0.2) is 0 Å².